The van der Waals surface area contributed by atoms with Gasteiger partial charge in [0.1, 0.15) is 5.75 Å². The summed E-state index contributed by atoms with van der Waals surface area (Å²) in [5.74, 6) is -0.0238. The number of hydrogen-bond donors (Lipinski definition) is 1. The van der Waals surface area contributed by atoms with Gasteiger partial charge in [0.2, 0.25) is 5.91 Å². The zero-order chi connectivity index (χ0) is 17.5. The molecule has 24 heavy (non-hydrogen) atoms. The van der Waals surface area contributed by atoms with E-state index in [1.165, 1.54) is 7.11 Å². The molecule has 2 aromatic carbocycles. The molecule has 0 aliphatic heterocycles. The first-order valence-corrected chi connectivity index (χ1v) is 7.60. The van der Waals surface area contributed by atoms with Gasteiger partial charge < -0.3 is 14.8 Å². The van der Waals surface area contributed by atoms with Gasteiger partial charge in [-0.2, -0.15) is 0 Å². The molecule has 2 rings (SSSR count). The molecule has 0 aromatic heterocycles. The number of amides is 1. The van der Waals surface area contributed by atoms with Gasteiger partial charge in [-0.25, -0.2) is 4.79 Å². The molecule has 0 aliphatic carbocycles. The Bertz CT molecular complexity index is 692. The second kappa shape index (κ2) is 8.15. The summed E-state index contributed by atoms with van der Waals surface area (Å²) < 4.78 is 9.90. The molecule has 0 bridgehead atoms. The van der Waals surface area contributed by atoms with E-state index in [4.69, 9.17) is 9.47 Å². The highest BCUT2D eigenvalue weighted by Crippen LogP contribution is 2.16. The first kappa shape index (κ1) is 17.5. The summed E-state index contributed by atoms with van der Waals surface area (Å²) in [6.45, 7) is 1.96. The van der Waals surface area contributed by atoms with Gasteiger partial charge in [0.25, 0.3) is 0 Å². The summed E-state index contributed by atoms with van der Waals surface area (Å²) in [6.07, 6.45) is 0.170. The van der Waals surface area contributed by atoms with Crippen LogP contribution in [0.25, 0.3) is 0 Å². The van der Waals surface area contributed by atoms with E-state index in [2.05, 4.69) is 5.32 Å². The first-order chi connectivity index (χ1) is 11.5. The van der Waals surface area contributed by atoms with Crippen molar-refractivity contribution in [1.82, 2.24) is 5.32 Å². The number of carbonyl (C=O) groups excluding carboxylic acids is 2. The maximum absolute atomic E-state index is 12.3. The molecule has 126 valence electrons. The van der Waals surface area contributed by atoms with Crippen LogP contribution in [0.15, 0.2) is 48.5 Å². The Labute approximate surface area is 141 Å². The number of methoxy groups -OCH3 is 2. The molecule has 1 amide bonds. The Morgan fingerprint density at radius 1 is 1.00 bits per heavy atom. The largest absolute Gasteiger partial charge is 0.497 e. The van der Waals surface area contributed by atoms with E-state index in [1.54, 1.807) is 19.2 Å². The molecule has 5 nitrogen and oxygen atoms in total. The van der Waals surface area contributed by atoms with Gasteiger partial charge in [-0.1, -0.05) is 42.0 Å². The van der Waals surface area contributed by atoms with Crippen molar-refractivity contribution in [2.45, 2.75) is 19.4 Å². The van der Waals surface area contributed by atoms with Crippen molar-refractivity contribution in [3.8, 4) is 5.75 Å². The quantitative estimate of drug-likeness (QED) is 0.828. The zero-order valence-electron chi connectivity index (χ0n) is 14.0. The average molecular weight is 327 g/mol. The number of aryl methyl sites for hydroxylation is 1. The lowest BCUT2D eigenvalue weighted by Crippen LogP contribution is -2.35. The number of nitrogens with one attached hydrogen (secondary N) is 1. The first-order valence-electron chi connectivity index (χ1n) is 7.60. The molecule has 1 N–H and O–H groups in total. The summed E-state index contributed by atoms with van der Waals surface area (Å²) >= 11 is 0. The fraction of sp³-hybridized carbons (Fsp3) is 0.263. The third-order valence-electron chi connectivity index (χ3n) is 3.68. The monoisotopic (exact) mass is 327 g/mol. The van der Waals surface area contributed by atoms with Gasteiger partial charge in [-0.15, -0.1) is 0 Å². The lowest BCUT2D eigenvalue weighted by Gasteiger charge is -2.17. The molecule has 1 atom stereocenters. The Kier molecular flexibility index (Phi) is 5.95. The normalized spacial score (nSPS) is 11.5. The van der Waals surface area contributed by atoms with Gasteiger partial charge in [0, 0.05) is 0 Å². The second-order valence-corrected chi connectivity index (χ2v) is 5.46. The summed E-state index contributed by atoms with van der Waals surface area (Å²) in [5.41, 5.74) is 2.60. The predicted octanol–water partition coefficient (Wildman–Crippen LogP) is 2.58. The molecule has 1 unspecified atom stereocenters. The number of carbonyl (C=O) groups is 2. The number of ether oxygens (including phenoxy) is 2. The number of hydrogen-bond acceptors (Lipinski definition) is 4. The van der Waals surface area contributed by atoms with Crippen LogP contribution >= 0.6 is 0 Å². The Morgan fingerprint density at radius 3 is 2.17 bits per heavy atom. The fourth-order valence-corrected chi connectivity index (χ4v) is 2.30. The Balaban J connectivity index is 2.09. The summed E-state index contributed by atoms with van der Waals surface area (Å²) in [6, 6.07) is 13.8. The highest BCUT2D eigenvalue weighted by molar-refractivity contribution is 5.86. The van der Waals surface area contributed by atoms with Gasteiger partial charge in [-0.3, -0.25) is 4.79 Å². The van der Waals surface area contributed by atoms with Crippen molar-refractivity contribution in [3.63, 3.8) is 0 Å². The van der Waals surface area contributed by atoms with E-state index in [0.29, 0.717) is 5.56 Å². The van der Waals surface area contributed by atoms with Gasteiger partial charge in [0.05, 0.1) is 20.6 Å². The number of rotatable bonds is 6. The van der Waals surface area contributed by atoms with Crippen molar-refractivity contribution in [2.75, 3.05) is 14.2 Å². The van der Waals surface area contributed by atoms with Crippen molar-refractivity contribution in [2.24, 2.45) is 0 Å². The third kappa shape index (κ3) is 4.59. The molecule has 0 radical (unpaired) electrons. The molecular formula is C19H21NO4. The number of benzene rings is 2. The highest BCUT2D eigenvalue weighted by Gasteiger charge is 2.23. The maximum atomic E-state index is 12.3. The Morgan fingerprint density at radius 2 is 1.62 bits per heavy atom. The Hall–Kier alpha value is -2.82. The van der Waals surface area contributed by atoms with E-state index in [9.17, 15) is 9.59 Å². The minimum Gasteiger partial charge on any atom is -0.497 e. The molecular weight excluding hydrogens is 306 g/mol. The molecule has 0 fully saturated rings. The zero-order valence-corrected chi connectivity index (χ0v) is 14.0. The van der Waals surface area contributed by atoms with Crippen molar-refractivity contribution >= 4 is 11.9 Å². The SMILES string of the molecule is COC(=O)C(NC(=O)Cc1ccc(OC)cc1)c1ccc(C)cc1. The van der Waals surface area contributed by atoms with Crippen LogP contribution in [0.2, 0.25) is 0 Å². The topological polar surface area (TPSA) is 64.6 Å². The van der Waals surface area contributed by atoms with Gasteiger partial charge in [-0.05, 0) is 30.2 Å². The van der Waals surface area contributed by atoms with Crippen LogP contribution in [0.3, 0.4) is 0 Å². The van der Waals surface area contributed by atoms with Crippen molar-refractivity contribution in [3.05, 3.63) is 65.2 Å². The molecule has 0 spiro atoms. The van der Waals surface area contributed by atoms with Crippen LogP contribution < -0.4 is 10.1 Å². The third-order valence-corrected chi connectivity index (χ3v) is 3.68. The summed E-state index contributed by atoms with van der Waals surface area (Å²) in [4.78, 5) is 24.3. The smallest absolute Gasteiger partial charge is 0.333 e. The minimum absolute atomic E-state index is 0.170. The lowest BCUT2D eigenvalue weighted by atomic mass is 10.0. The van der Waals surface area contributed by atoms with Crippen LogP contribution in [0, 0.1) is 6.92 Å². The van der Waals surface area contributed by atoms with E-state index in [0.717, 1.165) is 16.9 Å². The molecule has 5 heteroatoms. The van der Waals surface area contributed by atoms with E-state index in [1.807, 2.05) is 43.3 Å². The van der Waals surface area contributed by atoms with Crippen LogP contribution in [0.4, 0.5) is 0 Å². The van der Waals surface area contributed by atoms with E-state index in [-0.39, 0.29) is 12.3 Å². The fourth-order valence-electron chi connectivity index (χ4n) is 2.30. The predicted molar refractivity (Wildman–Crippen MR) is 90.8 cm³/mol. The molecule has 0 saturated heterocycles. The number of esters is 1. The molecule has 2 aromatic rings. The summed E-state index contributed by atoms with van der Waals surface area (Å²) in [7, 11) is 2.89. The van der Waals surface area contributed by atoms with Gasteiger partial charge in [0.15, 0.2) is 6.04 Å². The van der Waals surface area contributed by atoms with Crippen molar-refractivity contribution in [1.29, 1.82) is 0 Å². The minimum atomic E-state index is -0.818. The standard InChI is InChI=1S/C19H21NO4/c1-13-4-8-15(9-5-13)18(19(22)24-3)20-17(21)12-14-6-10-16(23-2)11-7-14/h4-11,18H,12H2,1-3H3,(H,20,21). The molecule has 0 heterocycles. The maximum Gasteiger partial charge on any atom is 0.333 e. The summed E-state index contributed by atoms with van der Waals surface area (Å²) in [5, 5.41) is 2.74. The van der Waals surface area contributed by atoms with Gasteiger partial charge >= 0.3 is 5.97 Å². The molecule has 0 aliphatic rings. The van der Waals surface area contributed by atoms with Crippen LogP contribution in [0.1, 0.15) is 22.7 Å². The van der Waals surface area contributed by atoms with E-state index >= 15 is 0 Å². The second-order valence-electron chi connectivity index (χ2n) is 5.46. The lowest BCUT2D eigenvalue weighted by molar-refractivity contribution is -0.145. The van der Waals surface area contributed by atoms with E-state index < -0.39 is 12.0 Å². The highest BCUT2D eigenvalue weighted by atomic mass is 16.5. The van der Waals surface area contributed by atoms with Crippen LogP contribution in [-0.2, 0) is 20.7 Å². The average Bonchev–Trinajstić information content (AvgIpc) is 2.60. The van der Waals surface area contributed by atoms with Crippen LogP contribution in [0.5, 0.6) is 5.75 Å². The van der Waals surface area contributed by atoms with Crippen LogP contribution in [-0.4, -0.2) is 26.1 Å². The van der Waals surface area contributed by atoms with Crippen molar-refractivity contribution < 1.29 is 19.1 Å². The molecule has 0 saturated carbocycles.